The average Bonchev–Trinajstić information content (AvgIpc) is 2.84. The summed E-state index contributed by atoms with van der Waals surface area (Å²) in [6.07, 6.45) is 1.84. The molecule has 0 saturated carbocycles. The fourth-order valence-electron chi connectivity index (χ4n) is 2.29. The zero-order valence-corrected chi connectivity index (χ0v) is 10.6. The van der Waals surface area contributed by atoms with Crippen LogP contribution in [0.25, 0.3) is 0 Å². The first kappa shape index (κ1) is 12.9. The maximum atomic E-state index is 12.0. The number of carbonyl (C=O) groups is 1. The van der Waals surface area contributed by atoms with Crippen molar-refractivity contribution in [1.82, 2.24) is 4.90 Å². The lowest BCUT2D eigenvalue weighted by molar-refractivity contribution is -0.134. The molecule has 0 spiro atoms. The van der Waals surface area contributed by atoms with Gasteiger partial charge in [0.2, 0.25) is 0 Å². The van der Waals surface area contributed by atoms with Crippen molar-refractivity contribution in [3.05, 3.63) is 29.8 Å². The quantitative estimate of drug-likeness (QED) is 0.876. The monoisotopic (exact) mass is 249 g/mol. The highest BCUT2D eigenvalue weighted by Crippen LogP contribution is 2.17. The Morgan fingerprint density at radius 1 is 1.56 bits per heavy atom. The fourth-order valence-corrected chi connectivity index (χ4v) is 2.29. The molecule has 1 aliphatic heterocycles. The lowest BCUT2D eigenvalue weighted by Gasteiger charge is -2.22. The molecule has 0 aliphatic carbocycles. The summed E-state index contributed by atoms with van der Waals surface area (Å²) in [5, 5.41) is 9.17. The number of ether oxygens (including phenoxy) is 1. The highest BCUT2D eigenvalue weighted by molar-refractivity contribution is 5.78. The lowest BCUT2D eigenvalue weighted by atomic mass is 10.2. The van der Waals surface area contributed by atoms with Gasteiger partial charge in [0.15, 0.2) is 6.61 Å². The summed E-state index contributed by atoms with van der Waals surface area (Å²) in [5.41, 5.74) is 1.11. The zero-order chi connectivity index (χ0) is 13.0. The second-order valence-electron chi connectivity index (χ2n) is 4.67. The highest BCUT2D eigenvalue weighted by atomic mass is 16.5. The number of aliphatic hydroxyl groups is 1. The Kier molecular flexibility index (Phi) is 4.20. The molecule has 1 saturated heterocycles. The Morgan fingerprint density at radius 2 is 2.39 bits per heavy atom. The Balaban J connectivity index is 1.88. The first-order valence-corrected chi connectivity index (χ1v) is 6.30. The number of carbonyl (C=O) groups excluding carboxylic acids is 1. The van der Waals surface area contributed by atoms with Crippen molar-refractivity contribution in [1.29, 1.82) is 0 Å². The molecule has 0 unspecified atom stereocenters. The van der Waals surface area contributed by atoms with E-state index in [-0.39, 0.29) is 25.2 Å². The predicted molar refractivity (Wildman–Crippen MR) is 68.5 cm³/mol. The first-order valence-electron chi connectivity index (χ1n) is 6.30. The number of rotatable bonds is 4. The van der Waals surface area contributed by atoms with E-state index in [1.807, 2.05) is 31.2 Å². The number of hydrogen-bond acceptors (Lipinski definition) is 3. The van der Waals surface area contributed by atoms with Crippen LogP contribution in [-0.2, 0) is 4.79 Å². The van der Waals surface area contributed by atoms with Gasteiger partial charge in [-0.25, -0.2) is 0 Å². The Bertz CT molecular complexity index is 419. The maximum Gasteiger partial charge on any atom is 0.260 e. The zero-order valence-electron chi connectivity index (χ0n) is 10.6. The number of likely N-dealkylation sites (tertiary alicyclic amines) is 1. The van der Waals surface area contributed by atoms with Gasteiger partial charge in [-0.2, -0.15) is 0 Å². The molecule has 18 heavy (non-hydrogen) atoms. The van der Waals surface area contributed by atoms with Crippen molar-refractivity contribution in [2.45, 2.75) is 25.8 Å². The second kappa shape index (κ2) is 5.87. The van der Waals surface area contributed by atoms with Gasteiger partial charge in [0.1, 0.15) is 5.75 Å². The van der Waals surface area contributed by atoms with E-state index in [0.29, 0.717) is 5.75 Å². The molecule has 1 N–H and O–H groups in total. The largest absolute Gasteiger partial charge is 0.484 e. The smallest absolute Gasteiger partial charge is 0.260 e. The Labute approximate surface area is 107 Å². The van der Waals surface area contributed by atoms with Gasteiger partial charge in [-0.1, -0.05) is 12.1 Å². The van der Waals surface area contributed by atoms with E-state index in [1.54, 1.807) is 4.90 Å². The molecule has 1 aliphatic rings. The molecule has 1 fully saturated rings. The van der Waals surface area contributed by atoms with Gasteiger partial charge in [0.25, 0.3) is 5.91 Å². The third-order valence-corrected chi connectivity index (χ3v) is 3.26. The van der Waals surface area contributed by atoms with Gasteiger partial charge in [-0.3, -0.25) is 4.79 Å². The molecular weight excluding hydrogens is 230 g/mol. The second-order valence-corrected chi connectivity index (χ2v) is 4.67. The molecule has 4 heteroatoms. The van der Waals surface area contributed by atoms with E-state index < -0.39 is 0 Å². The van der Waals surface area contributed by atoms with Crippen LogP contribution in [0.2, 0.25) is 0 Å². The van der Waals surface area contributed by atoms with E-state index in [4.69, 9.17) is 4.74 Å². The minimum Gasteiger partial charge on any atom is -0.484 e. The normalized spacial score (nSPS) is 19.0. The van der Waals surface area contributed by atoms with Gasteiger partial charge in [0.05, 0.1) is 12.6 Å². The van der Waals surface area contributed by atoms with Crippen LogP contribution >= 0.6 is 0 Å². The van der Waals surface area contributed by atoms with Gasteiger partial charge >= 0.3 is 0 Å². The van der Waals surface area contributed by atoms with E-state index in [1.165, 1.54) is 0 Å². The Morgan fingerprint density at radius 3 is 3.11 bits per heavy atom. The third-order valence-electron chi connectivity index (χ3n) is 3.26. The van der Waals surface area contributed by atoms with Gasteiger partial charge in [-0.15, -0.1) is 0 Å². The molecule has 4 nitrogen and oxygen atoms in total. The van der Waals surface area contributed by atoms with E-state index in [0.717, 1.165) is 24.9 Å². The first-order chi connectivity index (χ1) is 8.70. The summed E-state index contributed by atoms with van der Waals surface area (Å²) < 4.78 is 5.48. The summed E-state index contributed by atoms with van der Waals surface area (Å²) in [7, 11) is 0. The number of benzene rings is 1. The molecule has 2 rings (SSSR count). The van der Waals surface area contributed by atoms with Crippen molar-refractivity contribution in [3.63, 3.8) is 0 Å². The van der Waals surface area contributed by atoms with Crippen LogP contribution < -0.4 is 4.74 Å². The molecular formula is C14H19NO3. The van der Waals surface area contributed by atoms with Crippen LogP contribution in [0.3, 0.4) is 0 Å². The fraction of sp³-hybridized carbons (Fsp3) is 0.500. The molecule has 1 amide bonds. The molecule has 1 aromatic carbocycles. The number of amides is 1. The minimum absolute atomic E-state index is 0.0291. The van der Waals surface area contributed by atoms with Crippen LogP contribution in [0.5, 0.6) is 5.75 Å². The van der Waals surface area contributed by atoms with E-state index in [2.05, 4.69) is 0 Å². The van der Waals surface area contributed by atoms with Gasteiger partial charge in [-0.05, 0) is 37.5 Å². The summed E-state index contributed by atoms with van der Waals surface area (Å²) in [6, 6.07) is 7.60. The molecule has 98 valence electrons. The summed E-state index contributed by atoms with van der Waals surface area (Å²) in [4.78, 5) is 13.7. The predicted octanol–water partition coefficient (Wildman–Crippen LogP) is 1.36. The number of hydrogen-bond donors (Lipinski definition) is 1. The molecule has 1 aromatic rings. The van der Waals surface area contributed by atoms with E-state index >= 15 is 0 Å². The van der Waals surface area contributed by atoms with Crippen molar-refractivity contribution >= 4 is 5.91 Å². The summed E-state index contributed by atoms with van der Waals surface area (Å²) in [5.74, 6) is 0.663. The molecule has 1 heterocycles. The lowest BCUT2D eigenvalue weighted by Crippen LogP contribution is -2.40. The van der Waals surface area contributed by atoms with Crippen LogP contribution in [-0.4, -0.2) is 41.7 Å². The molecule has 1 atom stereocenters. The SMILES string of the molecule is Cc1cccc(OCC(=O)N2CCC[C@H]2CO)c1. The van der Waals surface area contributed by atoms with Crippen LogP contribution in [0.1, 0.15) is 18.4 Å². The number of aryl methyl sites for hydroxylation is 1. The third kappa shape index (κ3) is 3.01. The average molecular weight is 249 g/mol. The number of nitrogens with zero attached hydrogens (tertiary/aromatic N) is 1. The number of aliphatic hydroxyl groups excluding tert-OH is 1. The van der Waals surface area contributed by atoms with Crippen molar-refractivity contribution in [2.24, 2.45) is 0 Å². The van der Waals surface area contributed by atoms with E-state index in [9.17, 15) is 9.90 Å². The van der Waals surface area contributed by atoms with Crippen molar-refractivity contribution < 1.29 is 14.6 Å². The maximum absolute atomic E-state index is 12.0. The Hall–Kier alpha value is -1.55. The van der Waals surface area contributed by atoms with Crippen molar-refractivity contribution in [3.8, 4) is 5.75 Å². The van der Waals surface area contributed by atoms with Gasteiger partial charge < -0.3 is 14.7 Å². The van der Waals surface area contributed by atoms with Crippen LogP contribution in [0, 0.1) is 6.92 Å². The van der Waals surface area contributed by atoms with Crippen molar-refractivity contribution in [2.75, 3.05) is 19.8 Å². The van der Waals surface area contributed by atoms with Gasteiger partial charge in [0, 0.05) is 6.54 Å². The molecule has 0 radical (unpaired) electrons. The topological polar surface area (TPSA) is 49.8 Å². The molecule has 0 aromatic heterocycles. The molecule has 0 bridgehead atoms. The summed E-state index contributed by atoms with van der Waals surface area (Å²) >= 11 is 0. The summed E-state index contributed by atoms with van der Waals surface area (Å²) in [6.45, 7) is 2.79. The standard InChI is InChI=1S/C14H19NO3/c1-11-4-2-6-13(8-11)18-10-14(17)15-7-3-5-12(15)9-16/h2,4,6,8,12,16H,3,5,7,9-10H2,1H3/t12-/m0/s1. The highest BCUT2D eigenvalue weighted by Gasteiger charge is 2.27. The minimum atomic E-state index is -0.0481. The van der Waals surface area contributed by atoms with Crippen LogP contribution in [0.15, 0.2) is 24.3 Å². The van der Waals surface area contributed by atoms with Crippen LogP contribution in [0.4, 0.5) is 0 Å².